The minimum atomic E-state index is 0.709. The van der Waals surface area contributed by atoms with Gasteiger partial charge in [0, 0.05) is 30.7 Å². The number of hydrogen-bond acceptors (Lipinski definition) is 5. The first kappa shape index (κ1) is 11.7. The van der Waals surface area contributed by atoms with Crippen LogP contribution in [0, 0.1) is 0 Å². The number of aromatic nitrogens is 4. The Kier molecular flexibility index (Phi) is 3.12. The van der Waals surface area contributed by atoms with E-state index in [9.17, 15) is 0 Å². The molecule has 0 spiro atoms. The van der Waals surface area contributed by atoms with Gasteiger partial charge in [-0.05, 0) is 31.3 Å². The minimum absolute atomic E-state index is 0.709. The Morgan fingerprint density at radius 2 is 1.79 bits per heavy atom. The van der Waals surface area contributed by atoms with Crippen molar-refractivity contribution in [2.75, 3.05) is 7.05 Å². The molecule has 0 aliphatic heterocycles. The van der Waals surface area contributed by atoms with Gasteiger partial charge in [0.05, 0.1) is 16.7 Å². The van der Waals surface area contributed by atoms with Crippen molar-refractivity contribution in [3.63, 3.8) is 0 Å². The van der Waals surface area contributed by atoms with Crippen LogP contribution in [0.5, 0.6) is 0 Å². The van der Waals surface area contributed by atoms with Gasteiger partial charge in [-0.2, -0.15) is 0 Å². The largest absolute Gasteiger partial charge is 0.314 e. The SMILES string of the molecule is CNCc1ccnc(-c2ccc3nccnc3c2)n1. The molecule has 2 heterocycles. The lowest BCUT2D eigenvalue weighted by atomic mass is 10.2. The first-order valence-electron chi connectivity index (χ1n) is 6.04. The summed E-state index contributed by atoms with van der Waals surface area (Å²) in [5, 5.41) is 3.08. The Hall–Kier alpha value is -2.40. The number of hydrogen-bond donors (Lipinski definition) is 1. The molecule has 3 rings (SSSR count). The fraction of sp³-hybridized carbons (Fsp3) is 0.143. The molecule has 5 nitrogen and oxygen atoms in total. The van der Waals surface area contributed by atoms with Gasteiger partial charge in [-0.3, -0.25) is 9.97 Å². The summed E-state index contributed by atoms with van der Waals surface area (Å²) in [5.74, 6) is 0.709. The van der Waals surface area contributed by atoms with Gasteiger partial charge in [0.1, 0.15) is 0 Å². The summed E-state index contributed by atoms with van der Waals surface area (Å²) in [5.41, 5.74) is 3.64. The maximum atomic E-state index is 4.52. The molecule has 1 N–H and O–H groups in total. The lowest BCUT2D eigenvalue weighted by Gasteiger charge is -2.04. The van der Waals surface area contributed by atoms with E-state index in [2.05, 4.69) is 25.3 Å². The van der Waals surface area contributed by atoms with E-state index >= 15 is 0 Å². The Balaban J connectivity index is 2.05. The topological polar surface area (TPSA) is 63.6 Å². The lowest BCUT2D eigenvalue weighted by molar-refractivity contribution is 0.788. The van der Waals surface area contributed by atoms with Crippen molar-refractivity contribution >= 4 is 11.0 Å². The van der Waals surface area contributed by atoms with Gasteiger partial charge in [0.15, 0.2) is 5.82 Å². The molecule has 2 aromatic heterocycles. The molecule has 0 aliphatic rings. The van der Waals surface area contributed by atoms with Crippen molar-refractivity contribution in [3.05, 3.63) is 48.5 Å². The molecule has 19 heavy (non-hydrogen) atoms. The molecule has 0 atom stereocenters. The van der Waals surface area contributed by atoms with E-state index in [1.54, 1.807) is 18.6 Å². The van der Waals surface area contributed by atoms with Gasteiger partial charge in [-0.1, -0.05) is 0 Å². The maximum absolute atomic E-state index is 4.52. The van der Waals surface area contributed by atoms with E-state index in [-0.39, 0.29) is 0 Å². The maximum Gasteiger partial charge on any atom is 0.159 e. The standard InChI is InChI=1S/C14H13N5/c1-15-9-11-4-5-18-14(19-11)10-2-3-12-13(8-10)17-7-6-16-12/h2-8,15H,9H2,1H3. The van der Waals surface area contributed by atoms with E-state index in [4.69, 9.17) is 0 Å². The van der Waals surface area contributed by atoms with Gasteiger partial charge in [-0.15, -0.1) is 0 Å². The smallest absolute Gasteiger partial charge is 0.159 e. The lowest BCUT2D eigenvalue weighted by Crippen LogP contribution is -2.07. The van der Waals surface area contributed by atoms with E-state index in [1.807, 2.05) is 31.3 Å². The molecule has 0 saturated carbocycles. The number of benzene rings is 1. The molecule has 0 aliphatic carbocycles. The summed E-state index contributed by atoms with van der Waals surface area (Å²) in [6.45, 7) is 0.725. The molecular weight excluding hydrogens is 238 g/mol. The fourth-order valence-corrected chi connectivity index (χ4v) is 1.92. The molecule has 5 heteroatoms. The van der Waals surface area contributed by atoms with Crippen LogP contribution in [0.3, 0.4) is 0 Å². The first-order valence-corrected chi connectivity index (χ1v) is 6.04. The molecule has 0 fully saturated rings. The van der Waals surface area contributed by atoms with Crippen LogP contribution >= 0.6 is 0 Å². The second-order valence-electron chi connectivity index (χ2n) is 4.16. The van der Waals surface area contributed by atoms with Crippen LogP contribution in [0.1, 0.15) is 5.69 Å². The third kappa shape index (κ3) is 2.41. The summed E-state index contributed by atoms with van der Waals surface area (Å²) in [4.78, 5) is 17.4. The van der Waals surface area contributed by atoms with Crippen molar-refractivity contribution in [1.29, 1.82) is 0 Å². The highest BCUT2D eigenvalue weighted by Gasteiger charge is 2.04. The quantitative estimate of drug-likeness (QED) is 0.769. The van der Waals surface area contributed by atoms with Crippen LogP contribution in [0.25, 0.3) is 22.4 Å². The van der Waals surface area contributed by atoms with Gasteiger partial charge in [0.25, 0.3) is 0 Å². The monoisotopic (exact) mass is 251 g/mol. The van der Waals surface area contributed by atoms with Gasteiger partial charge < -0.3 is 5.32 Å². The molecule has 0 amide bonds. The number of nitrogens with one attached hydrogen (secondary N) is 1. The molecule has 1 aromatic carbocycles. The predicted molar refractivity (Wildman–Crippen MR) is 73.3 cm³/mol. The minimum Gasteiger partial charge on any atom is -0.314 e. The predicted octanol–water partition coefficient (Wildman–Crippen LogP) is 1.81. The molecule has 3 aromatic rings. The number of fused-ring (bicyclic) bond motifs is 1. The fourth-order valence-electron chi connectivity index (χ4n) is 1.92. The van der Waals surface area contributed by atoms with Crippen molar-refractivity contribution in [1.82, 2.24) is 25.3 Å². The highest BCUT2D eigenvalue weighted by molar-refractivity contribution is 5.79. The second kappa shape index (κ2) is 5.07. The van der Waals surface area contributed by atoms with Crippen molar-refractivity contribution < 1.29 is 0 Å². The Bertz CT molecular complexity index is 711. The van der Waals surface area contributed by atoms with E-state index in [0.29, 0.717) is 5.82 Å². The van der Waals surface area contributed by atoms with E-state index in [1.165, 1.54) is 0 Å². The van der Waals surface area contributed by atoms with E-state index < -0.39 is 0 Å². The average molecular weight is 251 g/mol. The van der Waals surface area contributed by atoms with Gasteiger partial charge in [-0.25, -0.2) is 9.97 Å². The average Bonchev–Trinajstić information content (AvgIpc) is 2.47. The molecule has 0 bridgehead atoms. The van der Waals surface area contributed by atoms with Crippen molar-refractivity contribution in [3.8, 4) is 11.4 Å². The highest BCUT2D eigenvalue weighted by Crippen LogP contribution is 2.19. The third-order valence-electron chi connectivity index (χ3n) is 2.80. The molecule has 0 unspecified atom stereocenters. The highest BCUT2D eigenvalue weighted by atomic mass is 14.9. The molecule has 0 radical (unpaired) electrons. The van der Waals surface area contributed by atoms with E-state index in [0.717, 1.165) is 28.8 Å². The zero-order valence-corrected chi connectivity index (χ0v) is 10.5. The van der Waals surface area contributed by atoms with Crippen LogP contribution in [-0.4, -0.2) is 27.0 Å². The van der Waals surface area contributed by atoms with Crippen molar-refractivity contribution in [2.24, 2.45) is 0 Å². The zero-order chi connectivity index (χ0) is 13.1. The molecular formula is C14H13N5. The summed E-state index contributed by atoms with van der Waals surface area (Å²) in [6, 6.07) is 7.77. The Morgan fingerprint density at radius 3 is 2.63 bits per heavy atom. The summed E-state index contributed by atoms with van der Waals surface area (Å²) >= 11 is 0. The molecule has 0 saturated heterocycles. The summed E-state index contributed by atoms with van der Waals surface area (Å²) in [6.07, 6.45) is 5.15. The number of nitrogens with zero attached hydrogens (tertiary/aromatic N) is 4. The molecule has 94 valence electrons. The Morgan fingerprint density at radius 1 is 0.947 bits per heavy atom. The Labute approximate surface area is 110 Å². The van der Waals surface area contributed by atoms with Gasteiger partial charge >= 0.3 is 0 Å². The van der Waals surface area contributed by atoms with Crippen LogP contribution < -0.4 is 5.32 Å². The third-order valence-corrected chi connectivity index (χ3v) is 2.80. The van der Waals surface area contributed by atoms with Gasteiger partial charge in [0.2, 0.25) is 0 Å². The summed E-state index contributed by atoms with van der Waals surface area (Å²) < 4.78 is 0. The van der Waals surface area contributed by atoms with Crippen LogP contribution in [0.2, 0.25) is 0 Å². The van der Waals surface area contributed by atoms with Crippen LogP contribution in [0.4, 0.5) is 0 Å². The summed E-state index contributed by atoms with van der Waals surface area (Å²) in [7, 11) is 1.90. The number of rotatable bonds is 3. The van der Waals surface area contributed by atoms with Crippen molar-refractivity contribution in [2.45, 2.75) is 6.54 Å². The van der Waals surface area contributed by atoms with Crippen LogP contribution in [-0.2, 0) is 6.54 Å². The van der Waals surface area contributed by atoms with Crippen LogP contribution in [0.15, 0.2) is 42.9 Å². The normalized spacial score (nSPS) is 10.8. The first-order chi connectivity index (χ1) is 9.36. The second-order valence-corrected chi connectivity index (χ2v) is 4.16. The zero-order valence-electron chi connectivity index (χ0n) is 10.5.